The largest absolute Gasteiger partial charge is 0.460 e. The molecule has 2 fully saturated rings. The first-order chi connectivity index (χ1) is 19.3. The Bertz CT molecular complexity index is 1200. The number of hydrogen-bond acceptors (Lipinski definition) is 8. The smallest absolute Gasteiger partial charge is 0.331 e. The van der Waals surface area contributed by atoms with Gasteiger partial charge in [-0.15, -0.1) is 0 Å². The molecule has 12 heteroatoms. The first kappa shape index (κ1) is 28.0. The fourth-order valence-electron chi connectivity index (χ4n) is 4.14. The standard InChI is InChI=1S/C28H28N4O8/c33-23(39-15-21-27(37)29-19(25(35)31-21)13-17-7-3-1-4-8-17)11-12-24(34)40-16-22-28(38)30-20(26(36)32-22)14-18-9-5-2-6-10-18/h1-12,19-22H,13-16H2,(H,29,37)(H,30,38)(H,31,35)(H,32,36)/b12-11+/t19-,20-,21-,22-/m0/s1. The van der Waals surface area contributed by atoms with Crippen molar-refractivity contribution in [1.82, 2.24) is 21.3 Å². The average Bonchev–Trinajstić information content (AvgIpc) is 2.95. The Hall–Kier alpha value is -5.00. The quantitative estimate of drug-likeness (QED) is 0.218. The molecule has 40 heavy (non-hydrogen) atoms. The molecule has 0 radical (unpaired) electrons. The van der Waals surface area contributed by atoms with Gasteiger partial charge in [-0.2, -0.15) is 0 Å². The van der Waals surface area contributed by atoms with Crippen molar-refractivity contribution >= 4 is 35.6 Å². The molecule has 12 nitrogen and oxygen atoms in total. The van der Waals surface area contributed by atoms with Gasteiger partial charge in [0.2, 0.25) is 23.6 Å². The summed E-state index contributed by atoms with van der Waals surface area (Å²) < 4.78 is 9.92. The van der Waals surface area contributed by atoms with E-state index in [1.54, 1.807) is 0 Å². The lowest BCUT2D eigenvalue weighted by molar-refractivity contribution is -0.146. The highest BCUT2D eigenvalue weighted by Crippen LogP contribution is 2.09. The van der Waals surface area contributed by atoms with Gasteiger partial charge < -0.3 is 30.7 Å². The number of benzene rings is 2. The van der Waals surface area contributed by atoms with E-state index in [9.17, 15) is 28.8 Å². The second-order valence-electron chi connectivity index (χ2n) is 9.22. The number of esters is 2. The fourth-order valence-corrected chi connectivity index (χ4v) is 4.14. The molecule has 0 spiro atoms. The lowest BCUT2D eigenvalue weighted by Crippen LogP contribution is -2.63. The third-order valence-electron chi connectivity index (χ3n) is 6.24. The van der Waals surface area contributed by atoms with E-state index in [0.717, 1.165) is 23.3 Å². The van der Waals surface area contributed by atoms with Crippen LogP contribution in [0.15, 0.2) is 72.8 Å². The summed E-state index contributed by atoms with van der Waals surface area (Å²) >= 11 is 0. The van der Waals surface area contributed by atoms with Crippen LogP contribution in [0.1, 0.15) is 11.1 Å². The second-order valence-corrected chi connectivity index (χ2v) is 9.22. The van der Waals surface area contributed by atoms with E-state index < -0.39 is 72.9 Å². The lowest BCUT2D eigenvalue weighted by Gasteiger charge is -2.29. The van der Waals surface area contributed by atoms with Crippen LogP contribution < -0.4 is 21.3 Å². The molecule has 0 bridgehead atoms. The Morgan fingerprint density at radius 2 is 0.875 bits per heavy atom. The minimum absolute atomic E-state index is 0.316. The van der Waals surface area contributed by atoms with Crippen LogP contribution in [0.4, 0.5) is 0 Å². The molecule has 2 aliphatic heterocycles. The Labute approximate surface area is 229 Å². The van der Waals surface area contributed by atoms with Crippen LogP contribution in [-0.4, -0.2) is 72.9 Å². The molecule has 0 saturated carbocycles. The maximum Gasteiger partial charge on any atom is 0.331 e. The Morgan fingerprint density at radius 3 is 1.25 bits per heavy atom. The van der Waals surface area contributed by atoms with E-state index in [1.165, 1.54) is 0 Å². The molecule has 4 N–H and O–H groups in total. The van der Waals surface area contributed by atoms with Crippen LogP contribution in [0.2, 0.25) is 0 Å². The highest BCUT2D eigenvalue weighted by molar-refractivity contribution is 5.98. The van der Waals surface area contributed by atoms with Crippen molar-refractivity contribution in [2.24, 2.45) is 0 Å². The summed E-state index contributed by atoms with van der Waals surface area (Å²) in [5.74, 6) is -3.72. The highest BCUT2D eigenvalue weighted by atomic mass is 16.5. The minimum Gasteiger partial charge on any atom is -0.460 e. The molecule has 2 heterocycles. The number of carbonyl (C=O) groups excluding carboxylic acids is 6. The van der Waals surface area contributed by atoms with Crippen molar-refractivity contribution < 1.29 is 38.2 Å². The molecule has 2 aliphatic rings. The SMILES string of the molecule is O=C(/C=C/C(=O)OC[C@@H]1NC(=O)[C@H](Cc2ccccc2)NC1=O)OC[C@@H]1NC(=O)[C@H](Cc2ccccc2)NC1=O. The minimum atomic E-state index is -1.08. The molecule has 2 aromatic rings. The number of rotatable bonds is 10. The summed E-state index contributed by atoms with van der Waals surface area (Å²) in [6, 6.07) is 14.7. The summed E-state index contributed by atoms with van der Waals surface area (Å²) in [4.78, 5) is 73.4. The van der Waals surface area contributed by atoms with Crippen molar-refractivity contribution in [2.45, 2.75) is 37.0 Å². The van der Waals surface area contributed by atoms with Crippen molar-refractivity contribution in [3.63, 3.8) is 0 Å². The van der Waals surface area contributed by atoms with Crippen molar-refractivity contribution in [3.05, 3.63) is 83.9 Å². The molecule has 4 atom stereocenters. The normalized spacial score (nSPS) is 22.5. The molecule has 2 aromatic carbocycles. The summed E-state index contributed by atoms with van der Waals surface area (Å²) in [6.07, 6.45) is 2.21. The van der Waals surface area contributed by atoms with Gasteiger partial charge >= 0.3 is 11.9 Å². The number of hydrogen-bond donors (Lipinski definition) is 4. The maximum absolute atomic E-state index is 12.4. The van der Waals surface area contributed by atoms with Crippen LogP contribution in [0.3, 0.4) is 0 Å². The van der Waals surface area contributed by atoms with E-state index in [2.05, 4.69) is 21.3 Å². The first-order valence-corrected chi connectivity index (χ1v) is 12.6. The van der Waals surface area contributed by atoms with E-state index in [-0.39, 0.29) is 0 Å². The van der Waals surface area contributed by atoms with Gasteiger partial charge in [0.15, 0.2) is 0 Å². The molecular weight excluding hydrogens is 520 g/mol. The van der Waals surface area contributed by atoms with Crippen molar-refractivity contribution in [3.8, 4) is 0 Å². The zero-order chi connectivity index (χ0) is 28.5. The zero-order valence-corrected chi connectivity index (χ0v) is 21.3. The van der Waals surface area contributed by atoms with Crippen LogP contribution in [0.25, 0.3) is 0 Å². The second kappa shape index (κ2) is 13.2. The number of ether oxygens (including phenoxy) is 2. The predicted molar refractivity (Wildman–Crippen MR) is 139 cm³/mol. The van der Waals surface area contributed by atoms with Gasteiger partial charge in [-0.05, 0) is 11.1 Å². The zero-order valence-electron chi connectivity index (χ0n) is 21.3. The summed E-state index contributed by atoms with van der Waals surface area (Å²) in [6.45, 7) is -0.876. The molecule has 0 aromatic heterocycles. The first-order valence-electron chi connectivity index (χ1n) is 12.6. The summed E-state index contributed by atoms with van der Waals surface area (Å²) in [7, 11) is 0. The Kier molecular flexibility index (Phi) is 9.23. The van der Waals surface area contributed by atoms with Gasteiger partial charge in [-0.25, -0.2) is 9.59 Å². The fraction of sp³-hybridized carbons (Fsp3) is 0.286. The molecule has 4 rings (SSSR count). The van der Waals surface area contributed by atoms with Crippen LogP contribution >= 0.6 is 0 Å². The average molecular weight is 549 g/mol. The van der Waals surface area contributed by atoms with E-state index in [0.29, 0.717) is 12.8 Å². The van der Waals surface area contributed by atoms with Gasteiger partial charge in [-0.3, -0.25) is 19.2 Å². The van der Waals surface area contributed by atoms with Crippen molar-refractivity contribution in [1.29, 1.82) is 0 Å². The summed E-state index contributed by atoms with van der Waals surface area (Å²) in [5, 5.41) is 10.3. The molecule has 208 valence electrons. The Balaban J connectivity index is 1.16. The lowest BCUT2D eigenvalue weighted by atomic mass is 10.0. The monoisotopic (exact) mass is 548 g/mol. The molecule has 2 saturated heterocycles. The van der Waals surface area contributed by atoms with E-state index in [1.807, 2.05) is 60.7 Å². The van der Waals surface area contributed by atoms with Crippen LogP contribution in [-0.2, 0) is 51.1 Å². The topological polar surface area (TPSA) is 169 Å². The van der Waals surface area contributed by atoms with Gasteiger partial charge in [0.05, 0.1) is 0 Å². The van der Waals surface area contributed by atoms with Gasteiger partial charge in [0.25, 0.3) is 0 Å². The summed E-state index contributed by atoms with van der Waals surface area (Å²) in [5.41, 5.74) is 1.76. The maximum atomic E-state index is 12.4. The van der Waals surface area contributed by atoms with Gasteiger partial charge in [-0.1, -0.05) is 60.7 Å². The Morgan fingerprint density at radius 1 is 0.550 bits per heavy atom. The molecule has 0 unspecified atom stereocenters. The highest BCUT2D eigenvalue weighted by Gasteiger charge is 2.35. The van der Waals surface area contributed by atoms with E-state index >= 15 is 0 Å². The predicted octanol–water partition coefficient (Wildman–Crippen LogP) is -0.919. The third-order valence-corrected chi connectivity index (χ3v) is 6.24. The third kappa shape index (κ3) is 7.76. The number of carbonyl (C=O) groups is 6. The van der Waals surface area contributed by atoms with E-state index in [4.69, 9.17) is 9.47 Å². The van der Waals surface area contributed by atoms with Gasteiger partial charge in [0, 0.05) is 25.0 Å². The number of amides is 4. The molecule has 0 aliphatic carbocycles. The number of piperazine rings is 2. The van der Waals surface area contributed by atoms with Crippen LogP contribution in [0.5, 0.6) is 0 Å². The number of nitrogens with one attached hydrogen (secondary N) is 4. The molecule has 4 amide bonds. The van der Waals surface area contributed by atoms with Gasteiger partial charge in [0.1, 0.15) is 37.4 Å². The van der Waals surface area contributed by atoms with Crippen molar-refractivity contribution in [2.75, 3.05) is 13.2 Å². The molecular formula is C28H28N4O8. The van der Waals surface area contributed by atoms with Crippen LogP contribution in [0, 0.1) is 0 Å².